The van der Waals surface area contributed by atoms with Crippen molar-refractivity contribution in [3.05, 3.63) is 47.1 Å². The summed E-state index contributed by atoms with van der Waals surface area (Å²) in [6, 6.07) is 6.74. The Hall–Kier alpha value is -2.47. The predicted octanol–water partition coefficient (Wildman–Crippen LogP) is 3.22. The van der Waals surface area contributed by atoms with Crippen LogP contribution in [0.25, 0.3) is 21.8 Å². The number of carbonyl (C=O) groups is 1. The molecule has 3 rings (SSSR count). The van der Waals surface area contributed by atoms with E-state index in [9.17, 15) is 4.79 Å². The number of carboxylic acids is 1. The molecule has 2 aromatic heterocycles. The average Bonchev–Trinajstić information content (AvgIpc) is 3.05. The second-order valence-electron chi connectivity index (χ2n) is 4.72. The van der Waals surface area contributed by atoms with Gasteiger partial charge in [-0.15, -0.1) is 11.3 Å². The van der Waals surface area contributed by atoms with Crippen molar-refractivity contribution < 1.29 is 9.90 Å². The highest BCUT2D eigenvalue weighted by Crippen LogP contribution is 2.30. The van der Waals surface area contributed by atoms with Crippen LogP contribution in [0.15, 0.2) is 35.8 Å². The number of nitrogens with zero attached hydrogens (tertiary/aromatic N) is 3. The molecule has 5 nitrogen and oxygen atoms in total. The Morgan fingerprint density at radius 1 is 1.29 bits per heavy atom. The minimum Gasteiger partial charge on any atom is -0.478 e. The molecule has 0 unspecified atom stereocenters. The van der Waals surface area contributed by atoms with Crippen LogP contribution in [0.2, 0.25) is 0 Å². The molecule has 0 saturated heterocycles. The second-order valence-corrected chi connectivity index (χ2v) is 5.58. The van der Waals surface area contributed by atoms with Crippen LogP contribution in [0, 0.1) is 6.92 Å². The lowest BCUT2D eigenvalue weighted by molar-refractivity contribution is 0.0697. The molecular formula is C15H13N3O2S. The van der Waals surface area contributed by atoms with E-state index in [-0.39, 0.29) is 5.56 Å². The molecule has 0 atom stereocenters. The quantitative estimate of drug-likeness (QED) is 0.806. The van der Waals surface area contributed by atoms with Crippen molar-refractivity contribution in [1.29, 1.82) is 0 Å². The average molecular weight is 299 g/mol. The van der Waals surface area contributed by atoms with Gasteiger partial charge in [-0.3, -0.25) is 4.68 Å². The lowest BCUT2D eigenvalue weighted by Gasteiger charge is -1.97. The zero-order valence-electron chi connectivity index (χ0n) is 11.6. The van der Waals surface area contributed by atoms with E-state index in [0.717, 1.165) is 27.5 Å². The van der Waals surface area contributed by atoms with Crippen LogP contribution in [0.5, 0.6) is 0 Å². The van der Waals surface area contributed by atoms with Gasteiger partial charge in [-0.05, 0) is 19.1 Å². The van der Waals surface area contributed by atoms with Crippen molar-refractivity contribution in [2.24, 2.45) is 7.05 Å². The molecule has 1 N–H and O–H groups in total. The van der Waals surface area contributed by atoms with Gasteiger partial charge in [0, 0.05) is 29.8 Å². The van der Waals surface area contributed by atoms with Crippen molar-refractivity contribution in [2.45, 2.75) is 6.92 Å². The summed E-state index contributed by atoms with van der Waals surface area (Å²) in [6.07, 6.45) is 1.95. The molecule has 106 valence electrons. The smallest absolute Gasteiger partial charge is 0.335 e. The van der Waals surface area contributed by atoms with Crippen LogP contribution < -0.4 is 0 Å². The Kier molecular flexibility index (Phi) is 3.31. The highest BCUT2D eigenvalue weighted by atomic mass is 32.1. The Balaban J connectivity index is 1.94. The molecule has 0 radical (unpaired) electrons. The maximum absolute atomic E-state index is 10.9. The maximum atomic E-state index is 10.9. The van der Waals surface area contributed by atoms with Crippen LogP contribution in [-0.4, -0.2) is 25.8 Å². The molecule has 0 amide bonds. The Bertz CT molecular complexity index is 803. The third-order valence-corrected chi connectivity index (χ3v) is 4.06. The summed E-state index contributed by atoms with van der Waals surface area (Å²) in [5, 5.41) is 16.1. The lowest BCUT2D eigenvalue weighted by Crippen LogP contribution is -1.94. The van der Waals surface area contributed by atoms with Gasteiger partial charge >= 0.3 is 5.97 Å². The number of hydrogen-bond donors (Lipinski definition) is 1. The zero-order valence-corrected chi connectivity index (χ0v) is 12.4. The molecule has 0 fully saturated rings. The maximum Gasteiger partial charge on any atom is 0.335 e. The molecule has 1 aromatic carbocycles. The fraction of sp³-hybridized carbons (Fsp3) is 0.133. The van der Waals surface area contributed by atoms with E-state index in [2.05, 4.69) is 10.1 Å². The van der Waals surface area contributed by atoms with Gasteiger partial charge < -0.3 is 5.11 Å². The Morgan fingerprint density at radius 2 is 2.00 bits per heavy atom. The van der Waals surface area contributed by atoms with Crippen molar-refractivity contribution in [3.8, 4) is 21.8 Å². The monoisotopic (exact) mass is 299 g/mol. The minimum absolute atomic E-state index is 0.277. The predicted molar refractivity (Wildman–Crippen MR) is 81.4 cm³/mol. The molecule has 0 aliphatic carbocycles. The summed E-state index contributed by atoms with van der Waals surface area (Å²) >= 11 is 1.53. The van der Waals surface area contributed by atoms with E-state index < -0.39 is 5.97 Å². The van der Waals surface area contributed by atoms with Gasteiger partial charge in [-0.25, -0.2) is 9.78 Å². The van der Waals surface area contributed by atoms with Gasteiger partial charge in [0.2, 0.25) is 0 Å². The topological polar surface area (TPSA) is 68.0 Å². The summed E-state index contributed by atoms with van der Waals surface area (Å²) in [6.45, 7) is 1.95. The van der Waals surface area contributed by atoms with Crippen molar-refractivity contribution in [1.82, 2.24) is 14.8 Å². The first-order valence-corrected chi connectivity index (χ1v) is 7.22. The summed E-state index contributed by atoms with van der Waals surface area (Å²) in [5.74, 6) is -0.924. The van der Waals surface area contributed by atoms with E-state index >= 15 is 0 Å². The number of aryl methyl sites for hydroxylation is 2. The van der Waals surface area contributed by atoms with Crippen LogP contribution in [0.1, 0.15) is 16.1 Å². The summed E-state index contributed by atoms with van der Waals surface area (Å²) in [7, 11) is 1.88. The first kappa shape index (κ1) is 13.5. The van der Waals surface area contributed by atoms with E-state index in [1.54, 1.807) is 28.9 Å². The standard InChI is InChI=1S/C15H13N3O2S/c1-9-12(7-18(2)17-9)13-8-21-14(16-13)10-3-5-11(6-4-10)15(19)20/h3-8H,1-2H3,(H,19,20). The van der Waals surface area contributed by atoms with Gasteiger partial charge in [0.25, 0.3) is 0 Å². The molecule has 2 heterocycles. The third-order valence-electron chi connectivity index (χ3n) is 3.17. The molecule has 0 aliphatic rings. The Labute approximate surface area is 125 Å². The second kappa shape index (κ2) is 5.14. The van der Waals surface area contributed by atoms with E-state index in [4.69, 9.17) is 5.11 Å². The molecule has 3 aromatic rings. The number of aromatic carboxylic acids is 1. The lowest BCUT2D eigenvalue weighted by atomic mass is 10.1. The van der Waals surface area contributed by atoms with Crippen LogP contribution >= 0.6 is 11.3 Å². The number of hydrogen-bond acceptors (Lipinski definition) is 4. The number of thiazole rings is 1. The molecule has 21 heavy (non-hydrogen) atoms. The van der Waals surface area contributed by atoms with E-state index in [0.29, 0.717) is 0 Å². The van der Waals surface area contributed by atoms with E-state index in [1.165, 1.54) is 11.3 Å². The van der Waals surface area contributed by atoms with Gasteiger partial charge in [-0.2, -0.15) is 5.10 Å². The molecule has 0 saturated carbocycles. The Morgan fingerprint density at radius 3 is 2.57 bits per heavy atom. The summed E-state index contributed by atoms with van der Waals surface area (Å²) in [5.41, 5.74) is 4.04. The zero-order chi connectivity index (χ0) is 15.0. The SMILES string of the molecule is Cc1nn(C)cc1-c1csc(-c2ccc(C(=O)O)cc2)n1. The number of carboxylic acid groups (broad SMARTS) is 1. The molecule has 0 aliphatic heterocycles. The van der Waals surface area contributed by atoms with Gasteiger partial charge in [0.05, 0.1) is 17.0 Å². The number of aromatic nitrogens is 3. The fourth-order valence-electron chi connectivity index (χ4n) is 2.14. The van der Waals surface area contributed by atoms with Crippen molar-refractivity contribution >= 4 is 17.3 Å². The van der Waals surface area contributed by atoms with Gasteiger partial charge in [0.1, 0.15) is 5.01 Å². The summed E-state index contributed by atoms with van der Waals surface area (Å²) < 4.78 is 1.77. The van der Waals surface area contributed by atoms with Crippen molar-refractivity contribution in [2.75, 3.05) is 0 Å². The largest absolute Gasteiger partial charge is 0.478 e. The normalized spacial score (nSPS) is 10.8. The minimum atomic E-state index is -0.924. The molecule has 0 bridgehead atoms. The fourth-order valence-corrected chi connectivity index (χ4v) is 2.96. The molecular weight excluding hydrogens is 286 g/mol. The first-order valence-electron chi connectivity index (χ1n) is 6.34. The highest BCUT2D eigenvalue weighted by molar-refractivity contribution is 7.13. The molecule has 6 heteroatoms. The number of rotatable bonds is 3. The van der Waals surface area contributed by atoms with Crippen LogP contribution in [0.4, 0.5) is 0 Å². The highest BCUT2D eigenvalue weighted by Gasteiger charge is 2.11. The van der Waals surface area contributed by atoms with Gasteiger partial charge in [-0.1, -0.05) is 12.1 Å². The van der Waals surface area contributed by atoms with Gasteiger partial charge in [0.15, 0.2) is 0 Å². The van der Waals surface area contributed by atoms with E-state index in [1.807, 2.05) is 25.5 Å². The van der Waals surface area contributed by atoms with Crippen LogP contribution in [-0.2, 0) is 7.05 Å². The third kappa shape index (κ3) is 2.57. The molecule has 0 spiro atoms. The summed E-state index contributed by atoms with van der Waals surface area (Å²) in [4.78, 5) is 15.5. The first-order chi connectivity index (χ1) is 10.0. The van der Waals surface area contributed by atoms with Crippen molar-refractivity contribution in [3.63, 3.8) is 0 Å². The number of benzene rings is 1. The van der Waals surface area contributed by atoms with Crippen LogP contribution in [0.3, 0.4) is 0 Å².